The van der Waals surface area contributed by atoms with Crippen molar-refractivity contribution in [2.24, 2.45) is 0 Å². The summed E-state index contributed by atoms with van der Waals surface area (Å²) in [4.78, 5) is 14.7. The van der Waals surface area contributed by atoms with Gasteiger partial charge in [0, 0.05) is 24.2 Å². The predicted octanol–water partition coefficient (Wildman–Crippen LogP) is 3.79. The Kier molecular flexibility index (Phi) is 6.68. The van der Waals surface area contributed by atoms with Crippen LogP contribution in [0.4, 0.5) is 0 Å². The van der Waals surface area contributed by atoms with Crippen LogP contribution in [0.2, 0.25) is 5.02 Å². The van der Waals surface area contributed by atoms with Crippen LogP contribution in [0.3, 0.4) is 0 Å². The number of halogens is 1. The van der Waals surface area contributed by atoms with Gasteiger partial charge in [-0.2, -0.15) is 4.31 Å². The molecule has 0 aromatic heterocycles. The highest BCUT2D eigenvalue weighted by molar-refractivity contribution is 7.89. The summed E-state index contributed by atoms with van der Waals surface area (Å²) in [5.74, 6) is -0.258. The van der Waals surface area contributed by atoms with Crippen LogP contribution in [0.15, 0.2) is 59.5 Å². The molecule has 0 aliphatic heterocycles. The zero-order valence-corrected chi connectivity index (χ0v) is 17.6. The Bertz CT molecular complexity index is 876. The fourth-order valence-electron chi connectivity index (χ4n) is 2.61. The number of rotatable bonds is 6. The number of benzene rings is 2. The second-order valence-electron chi connectivity index (χ2n) is 7.35. The molecule has 0 saturated carbocycles. The summed E-state index contributed by atoms with van der Waals surface area (Å²) in [5.41, 5.74) is 0.543. The third kappa shape index (κ3) is 5.54. The zero-order chi connectivity index (χ0) is 20.2. The van der Waals surface area contributed by atoms with Crippen molar-refractivity contribution in [2.45, 2.75) is 37.8 Å². The summed E-state index contributed by atoms with van der Waals surface area (Å²) in [6, 6.07) is 15.5. The van der Waals surface area contributed by atoms with Crippen molar-refractivity contribution >= 4 is 27.5 Å². The van der Waals surface area contributed by atoms with E-state index < -0.39 is 15.6 Å². The first-order valence-electron chi connectivity index (χ1n) is 8.58. The van der Waals surface area contributed by atoms with Crippen molar-refractivity contribution in [1.29, 1.82) is 0 Å². The number of likely N-dealkylation sites (N-methyl/N-ethyl adjacent to an activating group) is 1. The molecule has 0 bridgehead atoms. The van der Waals surface area contributed by atoms with Crippen molar-refractivity contribution in [1.82, 2.24) is 9.21 Å². The molecule has 0 atom stereocenters. The van der Waals surface area contributed by atoms with E-state index in [-0.39, 0.29) is 17.3 Å². The van der Waals surface area contributed by atoms with Crippen LogP contribution in [-0.4, -0.2) is 42.7 Å². The summed E-state index contributed by atoms with van der Waals surface area (Å²) < 4.78 is 26.5. The Morgan fingerprint density at radius 1 is 1.00 bits per heavy atom. The number of hydrogen-bond donors (Lipinski definition) is 0. The Morgan fingerprint density at radius 2 is 1.56 bits per heavy atom. The molecule has 0 spiro atoms. The number of amides is 1. The minimum Gasteiger partial charge on any atom is -0.332 e. The van der Waals surface area contributed by atoms with E-state index in [1.54, 1.807) is 4.90 Å². The van der Waals surface area contributed by atoms with Gasteiger partial charge in [-0.3, -0.25) is 4.79 Å². The Hall–Kier alpha value is -1.89. The second-order valence-corrected chi connectivity index (χ2v) is 9.83. The summed E-state index contributed by atoms with van der Waals surface area (Å²) in [5, 5.41) is 0.453. The molecule has 2 rings (SSSR count). The van der Waals surface area contributed by atoms with Gasteiger partial charge in [0.1, 0.15) is 0 Å². The number of hydrogen-bond acceptors (Lipinski definition) is 3. The van der Waals surface area contributed by atoms with Gasteiger partial charge in [0.25, 0.3) is 0 Å². The standard InChI is InChI=1S/C20H25ClN2O3S/c1-20(2,3)23(14-16-8-6-5-7-9-16)19(24)15-22(4)27(25,26)18-12-10-17(21)11-13-18/h5-13H,14-15H2,1-4H3. The Balaban J connectivity index is 2.19. The van der Waals surface area contributed by atoms with Gasteiger partial charge >= 0.3 is 0 Å². The molecule has 0 saturated heterocycles. The largest absolute Gasteiger partial charge is 0.332 e. The van der Waals surface area contributed by atoms with E-state index in [1.807, 2.05) is 51.1 Å². The highest BCUT2D eigenvalue weighted by Gasteiger charge is 2.30. The van der Waals surface area contributed by atoms with E-state index in [1.165, 1.54) is 31.3 Å². The second kappa shape index (κ2) is 8.42. The molecule has 27 heavy (non-hydrogen) atoms. The number of sulfonamides is 1. The average Bonchev–Trinajstić information content (AvgIpc) is 2.59. The van der Waals surface area contributed by atoms with Crippen LogP contribution in [0.25, 0.3) is 0 Å². The molecule has 0 aliphatic rings. The predicted molar refractivity (Wildman–Crippen MR) is 108 cm³/mol. The first kappa shape index (κ1) is 21.4. The molecule has 146 valence electrons. The van der Waals surface area contributed by atoms with Gasteiger partial charge in [-0.1, -0.05) is 41.9 Å². The van der Waals surface area contributed by atoms with E-state index in [2.05, 4.69) is 0 Å². The van der Waals surface area contributed by atoms with Crippen LogP contribution in [0.5, 0.6) is 0 Å². The minimum absolute atomic E-state index is 0.104. The van der Waals surface area contributed by atoms with Gasteiger partial charge in [-0.15, -0.1) is 0 Å². The highest BCUT2D eigenvalue weighted by Crippen LogP contribution is 2.21. The molecular formula is C20H25ClN2O3S. The van der Waals surface area contributed by atoms with E-state index in [9.17, 15) is 13.2 Å². The number of nitrogens with zero attached hydrogens (tertiary/aromatic N) is 2. The number of carbonyl (C=O) groups is 1. The van der Waals surface area contributed by atoms with Crippen LogP contribution in [-0.2, 0) is 21.4 Å². The van der Waals surface area contributed by atoms with Gasteiger partial charge in [0.05, 0.1) is 11.4 Å². The minimum atomic E-state index is -3.78. The number of carbonyl (C=O) groups excluding carboxylic acids is 1. The molecule has 2 aromatic rings. The molecule has 0 fully saturated rings. The molecule has 5 nitrogen and oxygen atoms in total. The van der Waals surface area contributed by atoms with Crippen molar-refractivity contribution in [3.8, 4) is 0 Å². The van der Waals surface area contributed by atoms with E-state index >= 15 is 0 Å². The highest BCUT2D eigenvalue weighted by atomic mass is 35.5. The monoisotopic (exact) mass is 408 g/mol. The van der Waals surface area contributed by atoms with Crippen LogP contribution in [0.1, 0.15) is 26.3 Å². The average molecular weight is 409 g/mol. The van der Waals surface area contributed by atoms with Crippen molar-refractivity contribution in [2.75, 3.05) is 13.6 Å². The van der Waals surface area contributed by atoms with Crippen molar-refractivity contribution in [3.63, 3.8) is 0 Å². The molecule has 2 aromatic carbocycles. The van der Waals surface area contributed by atoms with Gasteiger partial charge in [-0.25, -0.2) is 8.42 Å². The van der Waals surface area contributed by atoms with Gasteiger partial charge < -0.3 is 4.90 Å². The normalized spacial score (nSPS) is 12.2. The molecule has 0 radical (unpaired) electrons. The maximum Gasteiger partial charge on any atom is 0.243 e. The quantitative estimate of drug-likeness (QED) is 0.730. The summed E-state index contributed by atoms with van der Waals surface area (Å²) >= 11 is 5.83. The lowest BCUT2D eigenvalue weighted by Gasteiger charge is -2.36. The topological polar surface area (TPSA) is 57.7 Å². The van der Waals surface area contributed by atoms with Gasteiger partial charge in [0.2, 0.25) is 15.9 Å². The van der Waals surface area contributed by atoms with Gasteiger partial charge in [-0.05, 0) is 50.6 Å². The summed E-state index contributed by atoms with van der Waals surface area (Å²) in [6.45, 7) is 5.97. The molecule has 0 heterocycles. The lowest BCUT2D eigenvalue weighted by molar-refractivity contribution is -0.136. The fourth-order valence-corrected chi connectivity index (χ4v) is 3.86. The van der Waals surface area contributed by atoms with Crippen LogP contribution in [0, 0.1) is 0 Å². The fraction of sp³-hybridized carbons (Fsp3) is 0.350. The lowest BCUT2D eigenvalue weighted by Crippen LogP contribution is -2.49. The van der Waals surface area contributed by atoms with E-state index in [4.69, 9.17) is 11.6 Å². The lowest BCUT2D eigenvalue weighted by atomic mass is 10.0. The summed E-state index contributed by atoms with van der Waals surface area (Å²) in [6.07, 6.45) is 0. The first-order chi connectivity index (χ1) is 12.5. The van der Waals surface area contributed by atoms with Crippen molar-refractivity contribution < 1.29 is 13.2 Å². The third-order valence-corrected chi connectivity index (χ3v) is 6.24. The molecule has 1 amide bonds. The molecule has 0 unspecified atom stereocenters. The zero-order valence-electron chi connectivity index (χ0n) is 16.0. The van der Waals surface area contributed by atoms with Gasteiger partial charge in [0.15, 0.2) is 0 Å². The van der Waals surface area contributed by atoms with Crippen LogP contribution >= 0.6 is 11.6 Å². The summed E-state index contributed by atoms with van der Waals surface area (Å²) in [7, 11) is -2.37. The smallest absolute Gasteiger partial charge is 0.243 e. The maximum absolute atomic E-state index is 12.9. The Labute approximate surface area is 166 Å². The van der Waals surface area contributed by atoms with Crippen molar-refractivity contribution in [3.05, 3.63) is 65.2 Å². The third-order valence-electron chi connectivity index (χ3n) is 4.17. The maximum atomic E-state index is 12.9. The Morgan fingerprint density at radius 3 is 2.07 bits per heavy atom. The molecule has 0 aliphatic carbocycles. The first-order valence-corrected chi connectivity index (χ1v) is 10.4. The van der Waals surface area contributed by atoms with E-state index in [0.717, 1.165) is 9.87 Å². The van der Waals surface area contributed by atoms with Crippen LogP contribution < -0.4 is 0 Å². The molecule has 0 N–H and O–H groups in total. The SMILES string of the molecule is CN(CC(=O)N(Cc1ccccc1)C(C)(C)C)S(=O)(=O)c1ccc(Cl)cc1. The molecule has 7 heteroatoms. The molecular weight excluding hydrogens is 384 g/mol. The van der Waals surface area contributed by atoms with E-state index in [0.29, 0.717) is 11.6 Å².